The lowest BCUT2D eigenvalue weighted by atomic mass is 10.1. The second-order valence-electron chi connectivity index (χ2n) is 5.08. The van der Waals surface area contributed by atoms with Gasteiger partial charge in [0.25, 0.3) is 0 Å². The molecule has 0 N–H and O–H groups in total. The highest BCUT2D eigenvalue weighted by Crippen LogP contribution is 2.26. The highest BCUT2D eigenvalue weighted by Gasteiger charge is 2.22. The van der Waals surface area contributed by atoms with Crippen molar-refractivity contribution >= 4 is 27.4 Å². The van der Waals surface area contributed by atoms with Gasteiger partial charge in [-0.1, -0.05) is 18.2 Å². The monoisotopic (exact) mass is 275 g/mol. The summed E-state index contributed by atoms with van der Waals surface area (Å²) in [6.45, 7) is 1.94. The molecule has 0 bridgehead atoms. The fourth-order valence-corrected chi connectivity index (χ4v) is 3.45. The Labute approximate surface area is 116 Å². The average molecular weight is 275 g/mol. The minimum Gasteiger partial charge on any atom is -0.457 e. The summed E-state index contributed by atoms with van der Waals surface area (Å²) in [5.74, 6) is -0.179. The number of likely N-dealkylation sites (tertiary alicyclic amines) is 1. The van der Waals surface area contributed by atoms with Crippen LogP contribution in [-0.4, -0.2) is 37.1 Å². The summed E-state index contributed by atoms with van der Waals surface area (Å²) in [4.78, 5) is 15.1. The van der Waals surface area contributed by atoms with Crippen LogP contribution < -0.4 is 0 Å². The maximum atomic E-state index is 12.2. The first-order chi connectivity index (χ1) is 9.22. The van der Waals surface area contributed by atoms with Gasteiger partial charge in [-0.3, -0.25) is 0 Å². The van der Waals surface area contributed by atoms with Gasteiger partial charge in [-0.15, -0.1) is 11.3 Å². The van der Waals surface area contributed by atoms with Gasteiger partial charge >= 0.3 is 5.97 Å². The van der Waals surface area contributed by atoms with Gasteiger partial charge in [0.2, 0.25) is 0 Å². The number of esters is 1. The van der Waals surface area contributed by atoms with Crippen LogP contribution in [0.4, 0.5) is 0 Å². The number of carbonyl (C=O) groups is 1. The lowest BCUT2D eigenvalue weighted by Gasteiger charge is -2.29. The molecule has 0 unspecified atom stereocenters. The van der Waals surface area contributed by atoms with E-state index in [4.69, 9.17) is 4.74 Å². The molecule has 0 spiro atoms. The third-order valence-corrected chi connectivity index (χ3v) is 4.58. The Hall–Kier alpha value is -1.39. The van der Waals surface area contributed by atoms with Gasteiger partial charge in [-0.05, 0) is 44.0 Å². The molecule has 0 saturated carbocycles. The van der Waals surface area contributed by atoms with Crippen molar-refractivity contribution in [3.8, 4) is 0 Å². The van der Waals surface area contributed by atoms with E-state index in [1.54, 1.807) is 0 Å². The Bertz CT molecular complexity index is 560. The van der Waals surface area contributed by atoms with Crippen molar-refractivity contribution in [2.75, 3.05) is 20.1 Å². The van der Waals surface area contributed by atoms with E-state index in [-0.39, 0.29) is 12.1 Å². The summed E-state index contributed by atoms with van der Waals surface area (Å²) in [5, 5.41) is 1.11. The molecule has 3 rings (SSSR count). The molecule has 1 aromatic heterocycles. The maximum Gasteiger partial charge on any atom is 0.348 e. The predicted octanol–water partition coefficient (Wildman–Crippen LogP) is 3.15. The minimum atomic E-state index is -0.179. The van der Waals surface area contributed by atoms with Gasteiger partial charge in [0, 0.05) is 11.2 Å². The van der Waals surface area contributed by atoms with Crippen LogP contribution in [0.15, 0.2) is 30.3 Å². The Balaban J connectivity index is 1.72. The number of ether oxygens (including phenoxy) is 1. The van der Waals surface area contributed by atoms with Gasteiger partial charge < -0.3 is 9.64 Å². The Morgan fingerprint density at radius 2 is 2.26 bits per heavy atom. The molecule has 1 fully saturated rings. The number of rotatable bonds is 2. The number of nitrogens with zero attached hydrogens (tertiary/aromatic N) is 1. The molecular formula is C15H17NO2S. The summed E-state index contributed by atoms with van der Waals surface area (Å²) in [6.07, 6.45) is 2.11. The van der Waals surface area contributed by atoms with Crippen LogP contribution in [0.3, 0.4) is 0 Å². The van der Waals surface area contributed by atoms with Gasteiger partial charge in [0.1, 0.15) is 11.0 Å². The summed E-state index contributed by atoms with van der Waals surface area (Å²) < 4.78 is 6.74. The summed E-state index contributed by atoms with van der Waals surface area (Å²) >= 11 is 1.51. The van der Waals surface area contributed by atoms with Gasteiger partial charge in [-0.2, -0.15) is 0 Å². The molecule has 1 atom stereocenters. The highest BCUT2D eigenvalue weighted by atomic mass is 32.1. The van der Waals surface area contributed by atoms with Crippen molar-refractivity contribution in [1.29, 1.82) is 0 Å². The molecule has 0 radical (unpaired) electrons. The third kappa shape index (κ3) is 2.80. The van der Waals surface area contributed by atoms with E-state index in [0.29, 0.717) is 4.88 Å². The quantitative estimate of drug-likeness (QED) is 0.789. The molecule has 1 saturated heterocycles. The number of likely N-dealkylation sites (N-methyl/N-ethyl adjacent to an activating group) is 1. The number of hydrogen-bond acceptors (Lipinski definition) is 4. The van der Waals surface area contributed by atoms with Crippen LogP contribution in [0.2, 0.25) is 0 Å². The molecule has 0 aliphatic carbocycles. The van der Waals surface area contributed by atoms with Crippen molar-refractivity contribution in [1.82, 2.24) is 4.90 Å². The van der Waals surface area contributed by atoms with E-state index >= 15 is 0 Å². The van der Waals surface area contributed by atoms with E-state index in [1.807, 2.05) is 30.3 Å². The molecule has 2 heterocycles. The Morgan fingerprint density at radius 1 is 1.42 bits per heavy atom. The fourth-order valence-electron chi connectivity index (χ4n) is 2.51. The lowest BCUT2D eigenvalue weighted by molar-refractivity contribution is 0.0114. The zero-order valence-corrected chi connectivity index (χ0v) is 11.8. The topological polar surface area (TPSA) is 29.5 Å². The third-order valence-electron chi connectivity index (χ3n) is 3.48. The Kier molecular flexibility index (Phi) is 3.53. The molecule has 1 aliphatic rings. The van der Waals surface area contributed by atoms with E-state index in [9.17, 15) is 4.79 Å². The van der Waals surface area contributed by atoms with E-state index in [1.165, 1.54) is 11.3 Å². The van der Waals surface area contributed by atoms with Crippen LogP contribution in [-0.2, 0) is 4.74 Å². The van der Waals surface area contributed by atoms with E-state index in [2.05, 4.69) is 11.9 Å². The van der Waals surface area contributed by atoms with Crippen LogP contribution in [0.1, 0.15) is 22.5 Å². The average Bonchev–Trinajstić information content (AvgIpc) is 2.82. The minimum absolute atomic E-state index is 0.0384. The second kappa shape index (κ2) is 5.31. The number of thiophene rings is 1. The molecule has 2 aromatic rings. The number of carbonyl (C=O) groups excluding carboxylic acids is 1. The zero-order chi connectivity index (χ0) is 13.2. The van der Waals surface area contributed by atoms with Crippen LogP contribution in [0.25, 0.3) is 10.1 Å². The molecule has 1 aliphatic heterocycles. The van der Waals surface area contributed by atoms with E-state index < -0.39 is 0 Å². The summed E-state index contributed by atoms with van der Waals surface area (Å²) in [6, 6.07) is 9.96. The molecule has 100 valence electrons. The first kappa shape index (κ1) is 12.6. The first-order valence-corrected chi connectivity index (χ1v) is 7.42. The first-order valence-electron chi connectivity index (χ1n) is 6.60. The molecular weight excluding hydrogens is 258 g/mol. The van der Waals surface area contributed by atoms with Gasteiger partial charge in [0.15, 0.2) is 0 Å². The largest absolute Gasteiger partial charge is 0.457 e. The van der Waals surface area contributed by atoms with Crippen LogP contribution >= 0.6 is 11.3 Å². The van der Waals surface area contributed by atoms with Crippen molar-refractivity contribution in [2.45, 2.75) is 18.9 Å². The van der Waals surface area contributed by atoms with Gasteiger partial charge in [0.05, 0.1) is 0 Å². The molecule has 0 amide bonds. The van der Waals surface area contributed by atoms with Crippen LogP contribution in [0, 0.1) is 0 Å². The molecule has 1 aromatic carbocycles. The lowest BCUT2D eigenvalue weighted by Crippen LogP contribution is -2.38. The van der Waals surface area contributed by atoms with E-state index in [0.717, 1.165) is 36.0 Å². The maximum absolute atomic E-state index is 12.2. The zero-order valence-electron chi connectivity index (χ0n) is 11.0. The predicted molar refractivity (Wildman–Crippen MR) is 77.8 cm³/mol. The smallest absolute Gasteiger partial charge is 0.348 e. The fraction of sp³-hybridized carbons (Fsp3) is 0.400. The number of piperidine rings is 1. The Morgan fingerprint density at radius 3 is 3.05 bits per heavy atom. The second-order valence-corrected chi connectivity index (χ2v) is 6.16. The van der Waals surface area contributed by atoms with Gasteiger partial charge in [-0.25, -0.2) is 4.79 Å². The van der Waals surface area contributed by atoms with Crippen LogP contribution in [0.5, 0.6) is 0 Å². The standard InChI is InChI=1S/C15H17NO2S/c1-16-8-4-6-12(10-16)18-15(17)14-9-11-5-2-3-7-13(11)19-14/h2-3,5,7,9,12H,4,6,8,10H2,1H3/t12-/m1/s1. The summed E-state index contributed by atoms with van der Waals surface area (Å²) in [7, 11) is 2.07. The molecule has 4 heteroatoms. The molecule has 19 heavy (non-hydrogen) atoms. The number of benzene rings is 1. The van der Waals surface area contributed by atoms with Crippen molar-refractivity contribution < 1.29 is 9.53 Å². The summed E-state index contributed by atoms with van der Waals surface area (Å²) in [5.41, 5.74) is 0. The number of fused-ring (bicyclic) bond motifs is 1. The highest BCUT2D eigenvalue weighted by molar-refractivity contribution is 7.20. The SMILES string of the molecule is CN1CCC[C@@H](OC(=O)c2cc3ccccc3s2)C1. The number of hydrogen-bond donors (Lipinski definition) is 0. The van der Waals surface area contributed by atoms with Crippen molar-refractivity contribution in [3.63, 3.8) is 0 Å². The molecule has 3 nitrogen and oxygen atoms in total. The van der Waals surface area contributed by atoms with Crippen molar-refractivity contribution in [3.05, 3.63) is 35.2 Å². The van der Waals surface area contributed by atoms with Crippen molar-refractivity contribution in [2.24, 2.45) is 0 Å². The normalized spacial score (nSPS) is 20.6.